The molecule has 1 N–H and O–H groups in total. The molecule has 1 aliphatic rings. The van der Waals surface area contributed by atoms with E-state index in [9.17, 15) is 9.90 Å². The van der Waals surface area contributed by atoms with Crippen LogP contribution in [0.5, 0.6) is 0 Å². The number of para-hydroxylation sites is 1. The van der Waals surface area contributed by atoms with Gasteiger partial charge in [0.2, 0.25) is 0 Å². The number of carboxylic acid groups (broad SMARTS) is 1. The number of aromatic nitrogens is 2. The van der Waals surface area contributed by atoms with Gasteiger partial charge in [-0.3, -0.25) is 9.56 Å². The number of hydrogen-bond donors (Lipinski definition) is 1. The number of fused-ring (bicyclic) bond motifs is 3. The summed E-state index contributed by atoms with van der Waals surface area (Å²) < 4.78 is 1.78. The van der Waals surface area contributed by atoms with Crippen molar-refractivity contribution in [1.29, 1.82) is 0 Å². The second-order valence-electron chi connectivity index (χ2n) is 5.94. The molecule has 3 aromatic rings. The van der Waals surface area contributed by atoms with Crippen molar-refractivity contribution in [2.75, 3.05) is 0 Å². The van der Waals surface area contributed by atoms with Crippen molar-refractivity contribution in [2.24, 2.45) is 4.99 Å². The van der Waals surface area contributed by atoms with Gasteiger partial charge in [-0.15, -0.1) is 0 Å². The number of hydrogen-bond acceptors (Lipinski definition) is 3. The third-order valence-electron chi connectivity index (χ3n) is 4.29. The van der Waals surface area contributed by atoms with Crippen LogP contribution in [0, 0.1) is 0 Å². The first-order chi connectivity index (χ1) is 13.0. The first-order valence-corrected chi connectivity index (χ1v) is 8.87. The summed E-state index contributed by atoms with van der Waals surface area (Å²) >= 11 is 12.0. The molecule has 27 heavy (non-hydrogen) atoms. The fourth-order valence-electron chi connectivity index (χ4n) is 2.99. The number of halogens is 2. The van der Waals surface area contributed by atoms with E-state index in [-0.39, 0.29) is 12.2 Å². The van der Waals surface area contributed by atoms with Crippen molar-refractivity contribution in [1.82, 2.24) is 9.55 Å². The number of carboxylic acids is 1. The first-order valence-electron chi connectivity index (χ1n) is 8.11. The summed E-state index contributed by atoms with van der Waals surface area (Å²) in [6.07, 6.45) is 5.31. The standard InChI is InChI=1S/C20H13Cl2N3O2/c21-14-7-5-12(9-15(14)22)6-8-16-13-3-1-2-4-17(13)25-11-24-19(20(26)27)18(25)10-23-16/h1-9,11H,10H2,(H,26,27). The van der Waals surface area contributed by atoms with Crippen LogP contribution in [0.2, 0.25) is 10.0 Å². The van der Waals surface area contributed by atoms with Gasteiger partial charge in [-0.2, -0.15) is 0 Å². The lowest BCUT2D eigenvalue weighted by Crippen LogP contribution is -2.05. The molecule has 0 fully saturated rings. The topological polar surface area (TPSA) is 67.5 Å². The predicted octanol–water partition coefficient (Wildman–Crippen LogP) is 4.89. The van der Waals surface area contributed by atoms with Gasteiger partial charge >= 0.3 is 5.97 Å². The van der Waals surface area contributed by atoms with Crippen LogP contribution in [0.3, 0.4) is 0 Å². The molecule has 0 saturated heterocycles. The minimum absolute atomic E-state index is 0.0169. The predicted molar refractivity (Wildman–Crippen MR) is 106 cm³/mol. The number of allylic oxidation sites excluding steroid dienone is 1. The molecule has 1 aromatic heterocycles. The Labute approximate surface area is 165 Å². The monoisotopic (exact) mass is 397 g/mol. The van der Waals surface area contributed by atoms with Gasteiger partial charge in [0.15, 0.2) is 5.69 Å². The summed E-state index contributed by atoms with van der Waals surface area (Å²) in [7, 11) is 0. The number of benzene rings is 2. The van der Waals surface area contributed by atoms with Crippen LogP contribution in [0.15, 0.2) is 59.9 Å². The van der Waals surface area contributed by atoms with E-state index < -0.39 is 5.97 Å². The molecule has 2 aromatic carbocycles. The van der Waals surface area contributed by atoms with Crippen molar-refractivity contribution in [3.05, 3.63) is 87.4 Å². The van der Waals surface area contributed by atoms with Crippen LogP contribution in [-0.4, -0.2) is 26.3 Å². The number of aromatic carboxylic acids is 1. The van der Waals surface area contributed by atoms with Gasteiger partial charge in [-0.1, -0.05) is 53.5 Å². The van der Waals surface area contributed by atoms with Gasteiger partial charge in [-0.25, -0.2) is 9.78 Å². The Hall–Kier alpha value is -2.89. The summed E-state index contributed by atoms with van der Waals surface area (Å²) in [4.78, 5) is 20.1. The zero-order valence-corrected chi connectivity index (χ0v) is 15.4. The van der Waals surface area contributed by atoms with E-state index in [0.717, 1.165) is 22.5 Å². The second kappa shape index (κ2) is 7.02. The maximum Gasteiger partial charge on any atom is 0.356 e. The van der Waals surface area contributed by atoms with Crippen LogP contribution < -0.4 is 0 Å². The highest BCUT2D eigenvalue weighted by Gasteiger charge is 2.22. The molecule has 0 bridgehead atoms. The van der Waals surface area contributed by atoms with E-state index in [4.69, 9.17) is 23.2 Å². The third-order valence-corrected chi connectivity index (χ3v) is 5.02. The highest BCUT2D eigenvalue weighted by atomic mass is 35.5. The average Bonchev–Trinajstić information content (AvgIpc) is 3.02. The fraction of sp³-hybridized carbons (Fsp3) is 0.0500. The lowest BCUT2D eigenvalue weighted by Gasteiger charge is -2.09. The highest BCUT2D eigenvalue weighted by molar-refractivity contribution is 6.42. The summed E-state index contributed by atoms with van der Waals surface area (Å²) in [6.45, 7) is 0.220. The van der Waals surface area contributed by atoms with Crippen LogP contribution in [-0.2, 0) is 6.54 Å². The maximum absolute atomic E-state index is 11.4. The van der Waals surface area contributed by atoms with Crippen LogP contribution in [0.4, 0.5) is 0 Å². The van der Waals surface area contributed by atoms with Gasteiger partial charge in [0.1, 0.15) is 6.33 Å². The fourth-order valence-corrected chi connectivity index (χ4v) is 3.30. The molecular weight excluding hydrogens is 385 g/mol. The number of carbonyl (C=O) groups is 1. The van der Waals surface area contributed by atoms with Gasteiger partial charge in [-0.05, 0) is 29.8 Å². The number of imidazole rings is 1. The molecule has 0 radical (unpaired) electrons. The van der Waals surface area contributed by atoms with Crippen molar-refractivity contribution < 1.29 is 9.90 Å². The molecule has 0 atom stereocenters. The minimum atomic E-state index is -1.06. The summed E-state index contributed by atoms with van der Waals surface area (Å²) in [5.74, 6) is -1.06. The molecule has 1 aliphatic heterocycles. The smallest absolute Gasteiger partial charge is 0.356 e. The van der Waals surface area contributed by atoms with Gasteiger partial charge in [0.25, 0.3) is 0 Å². The maximum atomic E-state index is 11.4. The summed E-state index contributed by atoms with van der Waals surface area (Å²) in [6, 6.07) is 13.1. The molecule has 4 rings (SSSR count). The van der Waals surface area contributed by atoms with Gasteiger partial charge < -0.3 is 5.11 Å². The van der Waals surface area contributed by atoms with Crippen molar-refractivity contribution in [2.45, 2.75) is 6.54 Å². The molecule has 0 unspecified atom stereocenters. The Morgan fingerprint density at radius 1 is 1.11 bits per heavy atom. The molecule has 5 nitrogen and oxygen atoms in total. The quantitative estimate of drug-likeness (QED) is 0.683. The zero-order valence-electron chi connectivity index (χ0n) is 13.9. The van der Waals surface area contributed by atoms with Gasteiger partial charge in [0, 0.05) is 5.56 Å². The lowest BCUT2D eigenvalue weighted by atomic mass is 10.1. The second-order valence-corrected chi connectivity index (χ2v) is 6.75. The Balaban J connectivity index is 1.78. The van der Waals surface area contributed by atoms with Crippen LogP contribution in [0.25, 0.3) is 11.8 Å². The van der Waals surface area contributed by atoms with E-state index in [1.54, 1.807) is 16.7 Å². The molecule has 0 amide bonds. The lowest BCUT2D eigenvalue weighted by molar-refractivity contribution is 0.0689. The third kappa shape index (κ3) is 3.27. The summed E-state index contributed by atoms with van der Waals surface area (Å²) in [5, 5.41) is 10.4. The van der Waals surface area contributed by atoms with Crippen molar-refractivity contribution >= 4 is 41.0 Å². The molecule has 0 spiro atoms. The molecule has 2 heterocycles. The number of aliphatic imine (C=N–C) groups is 1. The van der Waals surface area contributed by atoms with Crippen LogP contribution >= 0.6 is 23.2 Å². The van der Waals surface area contributed by atoms with E-state index >= 15 is 0 Å². The van der Waals surface area contributed by atoms with Gasteiger partial charge in [0.05, 0.1) is 33.7 Å². The number of rotatable bonds is 3. The molecular formula is C20H13Cl2N3O2. The average molecular weight is 398 g/mol. The largest absolute Gasteiger partial charge is 0.476 e. The molecule has 7 heteroatoms. The van der Waals surface area contributed by atoms with E-state index in [1.165, 1.54) is 6.33 Å². The van der Waals surface area contributed by atoms with E-state index in [0.29, 0.717) is 15.7 Å². The number of nitrogens with zero attached hydrogens (tertiary/aromatic N) is 3. The van der Waals surface area contributed by atoms with Crippen molar-refractivity contribution in [3.8, 4) is 5.69 Å². The Kier molecular flexibility index (Phi) is 4.56. The molecule has 134 valence electrons. The SMILES string of the molecule is O=C(O)c1ncn2c1CN=C(C=Cc1ccc(Cl)c(Cl)c1)c1ccccc1-2. The Morgan fingerprint density at radius 2 is 1.93 bits per heavy atom. The normalized spacial score (nSPS) is 13.0. The van der Waals surface area contributed by atoms with E-state index in [1.807, 2.05) is 42.5 Å². The Bertz CT molecular complexity index is 1120. The minimum Gasteiger partial charge on any atom is -0.476 e. The van der Waals surface area contributed by atoms with Crippen molar-refractivity contribution in [3.63, 3.8) is 0 Å². The first kappa shape index (κ1) is 17.5. The van der Waals surface area contributed by atoms with Crippen LogP contribution in [0.1, 0.15) is 27.3 Å². The molecule has 0 aliphatic carbocycles. The Morgan fingerprint density at radius 3 is 2.70 bits per heavy atom. The summed E-state index contributed by atoms with van der Waals surface area (Å²) in [5.41, 5.74) is 3.93. The zero-order chi connectivity index (χ0) is 19.0. The van der Waals surface area contributed by atoms with E-state index in [2.05, 4.69) is 9.98 Å². The molecule has 0 saturated carbocycles. The highest BCUT2D eigenvalue weighted by Crippen LogP contribution is 2.26.